The Morgan fingerprint density at radius 1 is 1.14 bits per heavy atom. The van der Waals surface area contributed by atoms with Crippen molar-refractivity contribution in [1.82, 2.24) is 4.57 Å². The van der Waals surface area contributed by atoms with Crippen molar-refractivity contribution in [3.05, 3.63) is 52.0 Å². The summed E-state index contributed by atoms with van der Waals surface area (Å²) in [5, 5.41) is 4.36. The predicted octanol–water partition coefficient (Wildman–Crippen LogP) is 2.82. The van der Waals surface area contributed by atoms with E-state index in [0.717, 1.165) is 55.5 Å². The lowest BCUT2D eigenvalue weighted by atomic mass is 10.3. The van der Waals surface area contributed by atoms with Gasteiger partial charge in [-0.25, -0.2) is 4.99 Å². The standard InChI is InChI=1S/C21H25N3O2S2/c1-25-19-7-3-2-6-17(19)22-21-24(10-5-9-23-11-13-26-14-12-23)18(16-28-21)20-8-4-15-27-20/h2-4,6-8,15-16H,5,9-14H2,1H3/p+1. The number of hydrogen-bond acceptors (Lipinski definition) is 5. The van der Waals surface area contributed by atoms with Gasteiger partial charge in [0.25, 0.3) is 0 Å². The molecule has 1 saturated heterocycles. The largest absolute Gasteiger partial charge is 0.494 e. The van der Waals surface area contributed by atoms with Crippen molar-refractivity contribution in [2.24, 2.45) is 4.99 Å². The van der Waals surface area contributed by atoms with E-state index in [0.29, 0.717) is 0 Å². The van der Waals surface area contributed by atoms with Crippen molar-refractivity contribution in [1.29, 1.82) is 0 Å². The number of quaternary nitrogens is 1. The highest BCUT2D eigenvalue weighted by molar-refractivity contribution is 7.14. The summed E-state index contributed by atoms with van der Waals surface area (Å²) in [6.45, 7) is 6.14. The van der Waals surface area contributed by atoms with Crippen molar-refractivity contribution < 1.29 is 14.4 Å². The Morgan fingerprint density at radius 3 is 2.79 bits per heavy atom. The Labute approximate surface area is 173 Å². The zero-order valence-electron chi connectivity index (χ0n) is 16.1. The molecule has 28 heavy (non-hydrogen) atoms. The summed E-state index contributed by atoms with van der Waals surface area (Å²) >= 11 is 3.47. The topological polar surface area (TPSA) is 40.2 Å². The van der Waals surface area contributed by atoms with Crippen LogP contribution < -0.4 is 14.4 Å². The second kappa shape index (κ2) is 9.52. The number of morpholine rings is 1. The van der Waals surface area contributed by atoms with Crippen LogP contribution in [0, 0.1) is 0 Å². The van der Waals surface area contributed by atoms with Crippen molar-refractivity contribution >= 4 is 28.4 Å². The summed E-state index contributed by atoms with van der Waals surface area (Å²) in [7, 11) is 1.69. The van der Waals surface area contributed by atoms with Crippen LogP contribution in [0.2, 0.25) is 0 Å². The smallest absolute Gasteiger partial charge is 0.190 e. The summed E-state index contributed by atoms with van der Waals surface area (Å²) in [6.07, 6.45) is 1.13. The number of thiazole rings is 1. The molecule has 1 aromatic carbocycles. The molecule has 1 N–H and O–H groups in total. The Kier molecular flexibility index (Phi) is 6.59. The monoisotopic (exact) mass is 416 g/mol. The Morgan fingerprint density at radius 2 is 2.00 bits per heavy atom. The SMILES string of the molecule is COc1ccccc1N=c1scc(-c2cccs2)n1CCC[NH+]1CCOCC1. The highest BCUT2D eigenvalue weighted by atomic mass is 32.1. The van der Waals surface area contributed by atoms with Crippen molar-refractivity contribution in [2.45, 2.75) is 13.0 Å². The maximum Gasteiger partial charge on any atom is 0.190 e. The number of aromatic nitrogens is 1. The lowest BCUT2D eigenvalue weighted by Gasteiger charge is -2.23. The molecule has 0 bridgehead atoms. The second-order valence-corrected chi connectivity index (χ2v) is 8.57. The van der Waals surface area contributed by atoms with E-state index in [9.17, 15) is 0 Å². The van der Waals surface area contributed by atoms with E-state index in [1.807, 2.05) is 24.3 Å². The van der Waals surface area contributed by atoms with Crippen LogP contribution >= 0.6 is 22.7 Å². The molecule has 0 spiro atoms. The van der Waals surface area contributed by atoms with Crippen molar-refractivity contribution in [2.75, 3.05) is 40.0 Å². The van der Waals surface area contributed by atoms with E-state index in [1.165, 1.54) is 17.1 Å². The molecule has 0 amide bonds. The van der Waals surface area contributed by atoms with Crippen LogP contribution in [0.25, 0.3) is 10.6 Å². The maximum absolute atomic E-state index is 5.49. The van der Waals surface area contributed by atoms with E-state index < -0.39 is 0 Å². The van der Waals surface area contributed by atoms with Crippen LogP contribution in [0.1, 0.15) is 6.42 Å². The number of hydrogen-bond donors (Lipinski definition) is 1. The third-order valence-corrected chi connectivity index (χ3v) is 6.74. The van der Waals surface area contributed by atoms with E-state index >= 15 is 0 Å². The zero-order chi connectivity index (χ0) is 19.2. The second-order valence-electron chi connectivity index (χ2n) is 6.78. The van der Waals surface area contributed by atoms with E-state index in [4.69, 9.17) is 14.5 Å². The van der Waals surface area contributed by atoms with Crippen LogP contribution in [0.4, 0.5) is 5.69 Å². The van der Waals surface area contributed by atoms with Gasteiger partial charge in [-0.05, 0) is 23.6 Å². The average molecular weight is 417 g/mol. The summed E-state index contributed by atoms with van der Waals surface area (Å²) < 4.78 is 13.3. The highest BCUT2D eigenvalue weighted by Crippen LogP contribution is 2.28. The highest BCUT2D eigenvalue weighted by Gasteiger charge is 2.15. The van der Waals surface area contributed by atoms with Crippen LogP contribution in [-0.2, 0) is 11.3 Å². The third kappa shape index (κ3) is 4.55. The van der Waals surface area contributed by atoms with Crippen molar-refractivity contribution in [3.8, 4) is 16.3 Å². The van der Waals surface area contributed by atoms with Crippen LogP contribution in [-0.4, -0.2) is 44.5 Å². The van der Waals surface area contributed by atoms with Gasteiger partial charge in [0, 0.05) is 18.3 Å². The minimum absolute atomic E-state index is 0.804. The van der Waals surface area contributed by atoms with E-state index in [2.05, 4.69) is 27.5 Å². The minimum Gasteiger partial charge on any atom is -0.494 e. The molecule has 2 aromatic heterocycles. The average Bonchev–Trinajstić information content (AvgIpc) is 3.40. The van der Waals surface area contributed by atoms with Gasteiger partial charge in [-0.1, -0.05) is 18.2 Å². The fourth-order valence-electron chi connectivity index (χ4n) is 3.48. The molecular weight excluding hydrogens is 390 g/mol. The first-order valence-corrected chi connectivity index (χ1v) is 11.4. The predicted molar refractivity (Wildman–Crippen MR) is 115 cm³/mol. The fourth-order valence-corrected chi connectivity index (χ4v) is 5.24. The van der Waals surface area contributed by atoms with Gasteiger partial charge in [0.1, 0.15) is 24.5 Å². The van der Waals surface area contributed by atoms with Crippen LogP contribution in [0.5, 0.6) is 5.75 Å². The lowest BCUT2D eigenvalue weighted by Crippen LogP contribution is -3.14. The maximum atomic E-state index is 5.49. The molecule has 0 saturated carbocycles. The number of thiophene rings is 1. The molecule has 1 aliphatic heterocycles. The fraction of sp³-hybridized carbons (Fsp3) is 0.381. The Bertz CT molecular complexity index is 941. The summed E-state index contributed by atoms with van der Waals surface area (Å²) in [5.74, 6) is 0.804. The molecule has 4 rings (SSSR count). The summed E-state index contributed by atoms with van der Waals surface area (Å²) in [6, 6.07) is 12.2. The normalized spacial score (nSPS) is 15.8. The molecule has 3 aromatic rings. The zero-order valence-corrected chi connectivity index (χ0v) is 17.7. The molecular formula is C21H26N3O2S2+. The van der Waals surface area contributed by atoms with Gasteiger partial charge in [0.15, 0.2) is 4.80 Å². The Balaban J connectivity index is 1.62. The van der Waals surface area contributed by atoms with Gasteiger partial charge in [0.2, 0.25) is 0 Å². The quantitative estimate of drug-likeness (QED) is 0.643. The lowest BCUT2D eigenvalue weighted by molar-refractivity contribution is -0.908. The molecule has 0 radical (unpaired) electrons. The first-order chi connectivity index (χ1) is 13.8. The molecule has 3 heterocycles. The summed E-state index contributed by atoms with van der Waals surface area (Å²) in [4.78, 5) is 8.89. The molecule has 1 fully saturated rings. The number of methoxy groups -OCH3 is 1. The first kappa shape index (κ1) is 19.4. The third-order valence-electron chi connectivity index (χ3n) is 4.98. The molecule has 0 unspecified atom stereocenters. The number of ether oxygens (including phenoxy) is 2. The number of nitrogens with zero attached hydrogens (tertiary/aromatic N) is 2. The Hall–Kier alpha value is -1.93. The van der Waals surface area contributed by atoms with Gasteiger partial charge in [-0.15, -0.1) is 22.7 Å². The van der Waals surface area contributed by atoms with Crippen LogP contribution in [0.3, 0.4) is 0 Å². The van der Waals surface area contributed by atoms with E-state index in [1.54, 1.807) is 34.7 Å². The van der Waals surface area contributed by atoms with Crippen LogP contribution in [0.15, 0.2) is 52.2 Å². The molecule has 7 heteroatoms. The molecule has 148 valence electrons. The number of nitrogens with one attached hydrogen (secondary N) is 1. The van der Waals surface area contributed by atoms with E-state index in [-0.39, 0.29) is 0 Å². The van der Waals surface area contributed by atoms with Gasteiger partial charge < -0.3 is 18.9 Å². The van der Waals surface area contributed by atoms with Gasteiger partial charge in [-0.2, -0.15) is 0 Å². The number of rotatable bonds is 7. The first-order valence-electron chi connectivity index (χ1n) is 9.66. The minimum atomic E-state index is 0.804. The van der Waals surface area contributed by atoms with Gasteiger partial charge >= 0.3 is 0 Å². The summed E-state index contributed by atoms with van der Waals surface area (Å²) in [5.41, 5.74) is 2.13. The number of para-hydroxylation sites is 2. The molecule has 0 aliphatic carbocycles. The van der Waals surface area contributed by atoms with Crippen molar-refractivity contribution in [3.63, 3.8) is 0 Å². The number of benzene rings is 1. The molecule has 0 atom stereocenters. The van der Waals surface area contributed by atoms with Gasteiger partial charge in [-0.3, -0.25) is 0 Å². The van der Waals surface area contributed by atoms with Gasteiger partial charge in [0.05, 0.1) is 37.4 Å². The molecule has 5 nitrogen and oxygen atoms in total. The molecule has 1 aliphatic rings.